The van der Waals surface area contributed by atoms with Crippen LogP contribution in [-0.4, -0.2) is 57.8 Å². The maximum atomic E-state index is 13.0. The Hall–Kier alpha value is -2.75. The number of nitrogens with zero attached hydrogens (tertiary/aromatic N) is 1. The lowest BCUT2D eigenvalue weighted by Gasteiger charge is -2.27. The highest BCUT2D eigenvalue weighted by Gasteiger charge is 2.28. The first-order valence-corrected chi connectivity index (χ1v) is 11.4. The monoisotopic (exact) mass is 446 g/mol. The fraction of sp³-hybridized carbons (Fsp3) is 0.364. The Kier molecular flexibility index (Phi) is 7.42. The van der Waals surface area contributed by atoms with Gasteiger partial charge in [0.2, 0.25) is 15.9 Å². The second-order valence-corrected chi connectivity index (χ2v) is 9.07. The Morgan fingerprint density at radius 1 is 1.10 bits per heavy atom. The van der Waals surface area contributed by atoms with Crippen LogP contribution in [0.4, 0.5) is 0 Å². The van der Waals surface area contributed by atoms with Crippen molar-refractivity contribution in [3.05, 3.63) is 59.2 Å². The molecule has 0 unspecified atom stereocenters. The van der Waals surface area contributed by atoms with E-state index in [4.69, 9.17) is 9.47 Å². The molecule has 31 heavy (non-hydrogen) atoms. The summed E-state index contributed by atoms with van der Waals surface area (Å²) in [5.74, 6) is 0.0968. The van der Waals surface area contributed by atoms with Crippen molar-refractivity contribution in [3.8, 4) is 5.75 Å². The number of ketones is 1. The summed E-state index contributed by atoms with van der Waals surface area (Å²) in [6, 6.07) is 11.6. The molecule has 166 valence electrons. The van der Waals surface area contributed by atoms with Crippen LogP contribution in [-0.2, 0) is 32.5 Å². The van der Waals surface area contributed by atoms with Crippen LogP contribution in [0, 0.1) is 0 Å². The van der Waals surface area contributed by atoms with Crippen molar-refractivity contribution in [1.29, 1.82) is 0 Å². The van der Waals surface area contributed by atoms with Crippen LogP contribution in [0.25, 0.3) is 0 Å². The number of methoxy groups -OCH3 is 1. The van der Waals surface area contributed by atoms with Crippen molar-refractivity contribution in [2.75, 3.05) is 33.4 Å². The lowest BCUT2D eigenvalue weighted by Crippen LogP contribution is -2.41. The van der Waals surface area contributed by atoms with E-state index < -0.39 is 10.0 Å². The van der Waals surface area contributed by atoms with Crippen molar-refractivity contribution in [1.82, 2.24) is 9.62 Å². The largest absolute Gasteiger partial charge is 0.496 e. The summed E-state index contributed by atoms with van der Waals surface area (Å²) >= 11 is 0. The Bertz CT molecular complexity index is 1060. The minimum Gasteiger partial charge on any atom is -0.496 e. The summed E-state index contributed by atoms with van der Waals surface area (Å²) < 4.78 is 38.0. The SMILES string of the molecule is COc1ccc(C(C)=O)cc1CC(=O)NCc1ccccc1S(=O)(=O)N1CCOCC1. The van der Waals surface area contributed by atoms with E-state index in [9.17, 15) is 18.0 Å². The molecule has 1 heterocycles. The van der Waals surface area contributed by atoms with Crippen LogP contribution in [0.2, 0.25) is 0 Å². The van der Waals surface area contributed by atoms with Gasteiger partial charge in [0, 0.05) is 30.8 Å². The number of ether oxygens (including phenoxy) is 2. The number of Topliss-reactive ketones (excluding diaryl/α,β-unsaturated/α-hetero) is 1. The highest BCUT2D eigenvalue weighted by molar-refractivity contribution is 7.89. The van der Waals surface area contributed by atoms with Crippen LogP contribution >= 0.6 is 0 Å². The van der Waals surface area contributed by atoms with Gasteiger partial charge in [0.1, 0.15) is 5.75 Å². The van der Waals surface area contributed by atoms with Gasteiger partial charge in [-0.3, -0.25) is 9.59 Å². The number of hydrogen-bond acceptors (Lipinski definition) is 6. The van der Waals surface area contributed by atoms with Gasteiger partial charge in [-0.05, 0) is 36.8 Å². The molecule has 0 aromatic heterocycles. The standard InChI is InChI=1S/C22H26N2O6S/c1-16(25)17-7-8-20(29-2)19(13-17)14-22(26)23-15-18-5-3-4-6-21(18)31(27,28)24-9-11-30-12-10-24/h3-8,13H,9-12,14-15H2,1-2H3,(H,23,26). The van der Waals surface area contributed by atoms with Gasteiger partial charge in [0.25, 0.3) is 0 Å². The third-order valence-electron chi connectivity index (χ3n) is 5.07. The lowest BCUT2D eigenvalue weighted by molar-refractivity contribution is -0.120. The van der Waals surface area contributed by atoms with Gasteiger partial charge in [0.05, 0.1) is 31.6 Å². The van der Waals surface area contributed by atoms with E-state index in [0.29, 0.717) is 48.7 Å². The van der Waals surface area contributed by atoms with Crippen LogP contribution in [0.15, 0.2) is 47.4 Å². The van der Waals surface area contributed by atoms with Gasteiger partial charge in [-0.2, -0.15) is 4.31 Å². The van der Waals surface area contributed by atoms with Gasteiger partial charge < -0.3 is 14.8 Å². The first-order valence-electron chi connectivity index (χ1n) is 9.93. The van der Waals surface area contributed by atoms with E-state index >= 15 is 0 Å². The Morgan fingerprint density at radius 3 is 2.48 bits per heavy atom. The molecule has 8 nitrogen and oxygen atoms in total. The number of sulfonamides is 1. The Morgan fingerprint density at radius 2 is 1.81 bits per heavy atom. The highest BCUT2D eigenvalue weighted by Crippen LogP contribution is 2.23. The maximum absolute atomic E-state index is 13.0. The molecule has 0 bridgehead atoms. The smallest absolute Gasteiger partial charge is 0.243 e. The molecular formula is C22H26N2O6S. The van der Waals surface area contributed by atoms with Gasteiger partial charge >= 0.3 is 0 Å². The predicted octanol–water partition coefficient (Wildman–Crippen LogP) is 1.78. The molecule has 1 N–H and O–H groups in total. The Labute approximate surface area is 182 Å². The number of nitrogens with one attached hydrogen (secondary N) is 1. The van der Waals surface area contributed by atoms with E-state index in [1.165, 1.54) is 18.3 Å². The number of benzene rings is 2. The fourth-order valence-electron chi connectivity index (χ4n) is 3.39. The van der Waals surface area contributed by atoms with Crippen LogP contribution in [0.3, 0.4) is 0 Å². The number of carbonyl (C=O) groups is 2. The normalized spacial score (nSPS) is 14.8. The van der Waals surface area contributed by atoms with Crippen molar-refractivity contribution in [3.63, 3.8) is 0 Å². The number of amides is 1. The third kappa shape index (κ3) is 5.49. The molecule has 0 spiro atoms. The summed E-state index contributed by atoms with van der Waals surface area (Å²) in [5, 5.41) is 2.78. The molecule has 1 saturated heterocycles. The average molecular weight is 447 g/mol. The molecule has 0 radical (unpaired) electrons. The van der Waals surface area contributed by atoms with E-state index in [-0.39, 0.29) is 29.6 Å². The summed E-state index contributed by atoms with van der Waals surface area (Å²) in [6.45, 7) is 2.84. The molecular weight excluding hydrogens is 420 g/mol. The Balaban J connectivity index is 1.73. The zero-order valence-electron chi connectivity index (χ0n) is 17.6. The number of rotatable bonds is 8. The molecule has 1 aliphatic heterocycles. The van der Waals surface area contributed by atoms with E-state index in [2.05, 4.69) is 5.32 Å². The second kappa shape index (κ2) is 10.0. The molecule has 1 aliphatic rings. The molecule has 1 fully saturated rings. The van der Waals surface area contributed by atoms with E-state index in [1.807, 2.05) is 0 Å². The average Bonchev–Trinajstić information content (AvgIpc) is 2.78. The summed E-state index contributed by atoms with van der Waals surface area (Å²) in [7, 11) is -2.18. The van der Waals surface area contributed by atoms with Crippen molar-refractivity contribution < 1.29 is 27.5 Å². The van der Waals surface area contributed by atoms with Gasteiger partial charge in [-0.15, -0.1) is 0 Å². The predicted molar refractivity (Wildman–Crippen MR) is 115 cm³/mol. The molecule has 2 aromatic carbocycles. The second-order valence-electron chi connectivity index (χ2n) is 7.16. The summed E-state index contributed by atoms with van der Waals surface area (Å²) in [6.07, 6.45) is 0.00265. The number of morpholine rings is 1. The summed E-state index contributed by atoms with van der Waals surface area (Å²) in [4.78, 5) is 24.4. The minimum absolute atomic E-state index is 0.00265. The minimum atomic E-state index is -3.68. The van der Waals surface area contributed by atoms with Gasteiger partial charge in [-0.25, -0.2) is 8.42 Å². The molecule has 9 heteroatoms. The van der Waals surface area contributed by atoms with Crippen LogP contribution in [0.5, 0.6) is 5.75 Å². The zero-order valence-corrected chi connectivity index (χ0v) is 18.4. The van der Waals surface area contributed by atoms with Gasteiger partial charge in [-0.1, -0.05) is 18.2 Å². The fourth-order valence-corrected chi connectivity index (χ4v) is 5.02. The first kappa shape index (κ1) is 22.9. The molecule has 0 saturated carbocycles. The molecule has 2 aromatic rings. The number of carbonyl (C=O) groups excluding carboxylic acids is 2. The first-order chi connectivity index (χ1) is 14.8. The molecule has 0 aliphatic carbocycles. The van der Waals surface area contributed by atoms with Crippen LogP contribution in [0.1, 0.15) is 28.4 Å². The van der Waals surface area contributed by atoms with E-state index in [1.54, 1.807) is 42.5 Å². The zero-order chi connectivity index (χ0) is 22.4. The van der Waals surface area contributed by atoms with Crippen molar-refractivity contribution >= 4 is 21.7 Å². The van der Waals surface area contributed by atoms with Crippen molar-refractivity contribution in [2.24, 2.45) is 0 Å². The highest BCUT2D eigenvalue weighted by atomic mass is 32.2. The quantitative estimate of drug-likeness (QED) is 0.620. The third-order valence-corrected chi connectivity index (χ3v) is 7.07. The van der Waals surface area contributed by atoms with Crippen molar-refractivity contribution in [2.45, 2.75) is 24.8 Å². The van der Waals surface area contributed by atoms with Crippen LogP contribution < -0.4 is 10.1 Å². The van der Waals surface area contributed by atoms with E-state index in [0.717, 1.165) is 0 Å². The molecule has 0 atom stereocenters. The maximum Gasteiger partial charge on any atom is 0.243 e. The molecule has 1 amide bonds. The van der Waals surface area contributed by atoms with Gasteiger partial charge in [0.15, 0.2) is 5.78 Å². The molecule has 3 rings (SSSR count). The lowest BCUT2D eigenvalue weighted by atomic mass is 10.0. The summed E-state index contributed by atoms with van der Waals surface area (Å²) in [5.41, 5.74) is 1.58. The topological polar surface area (TPSA) is 102 Å². The number of hydrogen-bond donors (Lipinski definition) is 1.